The molecule has 0 aliphatic rings. The smallest absolute Gasteiger partial charge is 0.325 e. The zero-order valence-corrected chi connectivity index (χ0v) is 12.8. The lowest BCUT2D eigenvalue weighted by molar-refractivity contribution is -0.141. The number of amides is 3. The van der Waals surface area contributed by atoms with Gasteiger partial charge in [-0.25, -0.2) is 0 Å². The summed E-state index contributed by atoms with van der Waals surface area (Å²) in [6.07, 6.45) is -1.29. The van der Waals surface area contributed by atoms with Gasteiger partial charge in [0.2, 0.25) is 17.7 Å². The largest absolute Gasteiger partial charge is 0.480 e. The van der Waals surface area contributed by atoms with Crippen LogP contribution in [-0.2, 0) is 19.2 Å². The zero-order valence-electron chi connectivity index (χ0n) is 12.8. The molecule has 0 heterocycles. The van der Waals surface area contributed by atoms with Crippen LogP contribution in [0, 0.1) is 0 Å². The summed E-state index contributed by atoms with van der Waals surface area (Å²) < 4.78 is 0. The van der Waals surface area contributed by atoms with Gasteiger partial charge in [0.15, 0.2) is 0 Å². The molecule has 132 valence electrons. The van der Waals surface area contributed by atoms with Crippen LogP contribution in [0.1, 0.15) is 13.8 Å². The molecule has 8 N–H and O–H groups in total. The summed E-state index contributed by atoms with van der Waals surface area (Å²) in [5, 5.41) is 33.3. The lowest BCUT2D eigenvalue weighted by Crippen LogP contribution is -2.57. The van der Waals surface area contributed by atoms with E-state index in [-0.39, 0.29) is 0 Å². The van der Waals surface area contributed by atoms with Crippen LogP contribution in [0.4, 0.5) is 0 Å². The van der Waals surface area contributed by atoms with E-state index in [1.165, 1.54) is 13.8 Å². The van der Waals surface area contributed by atoms with Gasteiger partial charge < -0.3 is 37.0 Å². The molecule has 4 atom stereocenters. The first-order valence-electron chi connectivity index (χ1n) is 6.74. The first-order chi connectivity index (χ1) is 10.6. The maximum Gasteiger partial charge on any atom is 0.325 e. The Morgan fingerprint density at radius 1 is 1.09 bits per heavy atom. The SMILES string of the molecule is CC(NC(=O)CNC(=O)C(NC(=O)C(N)CO)C(C)O)C(=O)O. The molecule has 0 aromatic carbocycles. The van der Waals surface area contributed by atoms with Crippen LogP contribution in [0.15, 0.2) is 0 Å². The maximum atomic E-state index is 11.9. The summed E-state index contributed by atoms with van der Waals surface area (Å²) in [6.45, 7) is 1.30. The Kier molecular flexibility index (Phi) is 8.77. The molecule has 0 aliphatic heterocycles. The van der Waals surface area contributed by atoms with Crippen LogP contribution in [0.5, 0.6) is 0 Å². The van der Waals surface area contributed by atoms with Crippen molar-refractivity contribution in [3.63, 3.8) is 0 Å². The van der Waals surface area contributed by atoms with Crippen LogP contribution in [0.2, 0.25) is 0 Å². The highest BCUT2D eigenvalue weighted by atomic mass is 16.4. The monoisotopic (exact) mass is 334 g/mol. The predicted octanol–water partition coefficient (Wildman–Crippen LogP) is -4.12. The summed E-state index contributed by atoms with van der Waals surface area (Å²) in [7, 11) is 0. The quantitative estimate of drug-likeness (QED) is 0.221. The molecule has 0 bridgehead atoms. The highest BCUT2D eigenvalue weighted by molar-refractivity contribution is 5.92. The second-order valence-electron chi connectivity index (χ2n) is 4.86. The number of nitrogens with two attached hydrogens (primary N) is 1. The van der Waals surface area contributed by atoms with Gasteiger partial charge in [-0.3, -0.25) is 19.2 Å². The first kappa shape index (κ1) is 20.8. The molecule has 3 amide bonds. The number of aliphatic hydroxyl groups is 2. The van der Waals surface area contributed by atoms with E-state index in [0.29, 0.717) is 0 Å². The van der Waals surface area contributed by atoms with Crippen molar-refractivity contribution in [2.75, 3.05) is 13.2 Å². The number of hydrogen-bond acceptors (Lipinski definition) is 7. The molecule has 4 unspecified atom stereocenters. The van der Waals surface area contributed by atoms with Gasteiger partial charge in [0.1, 0.15) is 18.1 Å². The minimum Gasteiger partial charge on any atom is -0.480 e. The van der Waals surface area contributed by atoms with Crippen molar-refractivity contribution in [1.82, 2.24) is 16.0 Å². The molecule has 0 saturated carbocycles. The molecule has 0 radical (unpaired) electrons. The second-order valence-corrected chi connectivity index (χ2v) is 4.86. The van der Waals surface area contributed by atoms with Crippen molar-refractivity contribution in [2.45, 2.75) is 38.1 Å². The van der Waals surface area contributed by atoms with Crippen LogP contribution in [0.25, 0.3) is 0 Å². The fourth-order valence-corrected chi connectivity index (χ4v) is 1.38. The number of carboxylic acids is 1. The molecule has 0 aromatic heterocycles. The van der Waals surface area contributed by atoms with Crippen LogP contribution in [0.3, 0.4) is 0 Å². The summed E-state index contributed by atoms with van der Waals surface area (Å²) in [4.78, 5) is 45.4. The van der Waals surface area contributed by atoms with Gasteiger partial charge in [-0.05, 0) is 13.8 Å². The summed E-state index contributed by atoms with van der Waals surface area (Å²) in [5.41, 5.74) is 5.28. The number of aliphatic carboxylic acids is 1. The zero-order chi connectivity index (χ0) is 18.2. The topological polar surface area (TPSA) is 191 Å². The second kappa shape index (κ2) is 9.71. The van der Waals surface area contributed by atoms with Crippen molar-refractivity contribution in [3.05, 3.63) is 0 Å². The van der Waals surface area contributed by atoms with E-state index < -0.39 is 61.1 Å². The molecule has 0 aliphatic carbocycles. The summed E-state index contributed by atoms with van der Waals surface area (Å²) in [6, 6.07) is -3.78. The minimum atomic E-state index is -1.38. The van der Waals surface area contributed by atoms with E-state index in [1.807, 2.05) is 0 Å². The van der Waals surface area contributed by atoms with Gasteiger partial charge in [0, 0.05) is 0 Å². The Hall–Kier alpha value is -2.24. The Labute approximate surface area is 132 Å². The number of carbonyl (C=O) groups excluding carboxylic acids is 3. The third-order valence-corrected chi connectivity index (χ3v) is 2.77. The highest BCUT2D eigenvalue weighted by Gasteiger charge is 2.27. The van der Waals surface area contributed by atoms with E-state index in [0.717, 1.165) is 0 Å². The first-order valence-corrected chi connectivity index (χ1v) is 6.74. The van der Waals surface area contributed by atoms with Gasteiger partial charge in [-0.15, -0.1) is 0 Å². The van der Waals surface area contributed by atoms with Gasteiger partial charge in [-0.2, -0.15) is 0 Å². The Bertz CT molecular complexity index is 455. The predicted molar refractivity (Wildman–Crippen MR) is 76.9 cm³/mol. The molecule has 0 rings (SSSR count). The van der Waals surface area contributed by atoms with E-state index in [9.17, 15) is 24.3 Å². The number of rotatable bonds is 9. The lowest BCUT2D eigenvalue weighted by atomic mass is 10.1. The van der Waals surface area contributed by atoms with Gasteiger partial charge >= 0.3 is 5.97 Å². The van der Waals surface area contributed by atoms with Gasteiger partial charge in [-0.1, -0.05) is 0 Å². The van der Waals surface area contributed by atoms with Crippen molar-refractivity contribution in [2.24, 2.45) is 5.73 Å². The molecular weight excluding hydrogens is 312 g/mol. The molecule has 0 saturated heterocycles. The molecule has 23 heavy (non-hydrogen) atoms. The lowest BCUT2D eigenvalue weighted by Gasteiger charge is -2.22. The average molecular weight is 334 g/mol. The van der Waals surface area contributed by atoms with Gasteiger partial charge in [0.25, 0.3) is 0 Å². The third kappa shape index (κ3) is 7.54. The summed E-state index contributed by atoms with van der Waals surface area (Å²) in [5.74, 6) is -3.71. The number of nitrogens with one attached hydrogen (secondary N) is 3. The average Bonchev–Trinajstić information content (AvgIpc) is 2.48. The van der Waals surface area contributed by atoms with Crippen molar-refractivity contribution >= 4 is 23.7 Å². The minimum absolute atomic E-state index is 0.540. The normalized spacial score (nSPS) is 15.7. The number of carboxylic acid groups (broad SMARTS) is 1. The Morgan fingerprint density at radius 2 is 1.65 bits per heavy atom. The van der Waals surface area contributed by atoms with E-state index >= 15 is 0 Å². The summed E-state index contributed by atoms with van der Waals surface area (Å²) >= 11 is 0. The van der Waals surface area contributed by atoms with E-state index in [2.05, 4.69) is 16.0 Å². The van der Waals surface area contributed by atoms with Crippen LogP contribution >= 0.6 is 0 Å². The number of aliphatic hydroxyl groups excluding tert-OH is 2. The fourth-order valence-electron chi connectivity index (χ4n) is 1.38. The Morgan fingerprint density at radius 3 is 2.09 bits per heavy atom. The molecule has 0 aromatic rings. The molecule has 11 heteroatoms. The number of hydrogen-bond donors (Lipinski definition) is 7. The standard InChI is InChI=1S/C12H22N4O7/c1-5(12(22)23)15-8(19)3-14-11(21)9(6(2)18)16-10(20)7(13)4-17/h5-7,9,17-18H,3-4,13H2,1-2H3,(H,14,21)(H,15,19)(H,16,20)(H,22,23). The van der Waals surface area contributed by atoms with Crippen LogP contribution in [-0.4, -0.2) is 76.4 Å². The maximum absolute atomic E-state index is 11.9. The molecule has 0 spiro atoms. The van der Waals surface area contributed by atoms with Crippen molar-refractivity contribution < 1.29 is 34.5 Å². The molecular formula is C12H22N4O7. The van der Waals surface area contributed by atoms with Crippen LogP contribution < -0.4 is 21.7 Å². The third-order valence-electron chi connectivity index (χ3n) is 2.77. The molecule has 11 nitrogen and oxygen atoms in total. The van der Waals surface area contributed by atoms with E-state index in [4.69, 9.17) is 15.9 Å². The fraction of sp³-hybridized carbons (Fsp3) is 0.667. The molecule has 0 fully saturated rings. The highest BCUT2D eigenvalue weighted by Crippen LogP contribution is 1.94. The van der Waals surface area contributed by atoms with Gasteiger partial charge in [0.05, 0.1) is 19.3 Å². The van der Waals surface area contributed by atoms with Crippen molar-refractivity contribution in [3.8, 4) is 0 Å². The Balaban J connectivity index is 4.55. The van der Waals surface area contributed by atoms with Crippen molar-refractivity contribution in [1.29, 1.82) is 0 Å². The number of carbonyl (C=O) groups is 4. The van der Waals surface area contributed by atoms with E-state index in [1.54, 1.807) is 0 Å².